The normalized spacial score (nSPS) is 10.5. The first-order valence-electron chi connectivity index (χ1n) is 6.69. The number of benzene rings is 2. The van der Waals surface area contributed by atoms with Gasteiger partial charge in [-0.3, -0.25) is 4.79 Å². The molecule has 2 rings (SSSR count). The number of ether oxygens (including phenoxy) is 1. The lowest BCUT2D eigenvalue weighted by atomic mass is 10.2. The quantitative estimate of drug-likeness (QED) is 0.650. The van der Waals surface area contributed by atoms with Gasteiger partial charge in [0, 0.05) is 21.8 Å². The van der Waals surface area contributed by atoms with Crippen molar-refractivity contribution in [3.8, 4) is 0 Å². The highest BCUT2D eigenvalue weighted by Crippen LogP contribution is 2.13. The first-order valence-corrected chi connectivity index (χ1v) is 7.44. The second-order valence-electron chi connectivity index (χ2n) is 4.55. The number of esters is 1. The SMILES string of the molecule is O=C(COC(=O)/C=C/c1cccc(Cl)c1)Nc1ccc(Cl)cc1. The number of hydrogen-bond acceptors (Lipinski definition) is 3. The first-order chi connectivity index (χ1) is 11.0. The minimum absolute atomic E-state index is 0.374. The molecule has 2 aromatic carbocycles. The van der Waals surface area contributed by atoms with Crippen LogP contribution >= 0.6 is 23.2 Å². The van der Waals surface area contributed by atoms with Crippen molar-refractivity contribution < 1.29 is 14.3 Å². The van der Waals surface area contributed by atoms with Gasteiger partial charge in [-0.25, -0.2) is 4.79 Å². The van der Waals surface area contributed by atoms with Crippen LogP contribution in [-0.4, -0.2) is 18.5 Å². The Balaban J connectivity index is 1.79. The van der Waals surface area contributed by atoms with Crippen LogP contribution in [0.3, 0.4) is 0 Å². The van der Waals surface area contributed by atoms with Gasteiger partial charge < -0.3 is 10.1 Å². The van der Waals surface area contributed by atoms with Crippen molar-refractivity contribution in [3.05, 3.63) is 70.2 Å². The van der Waals surface area contributed by atoms with E-state index in [2.05, 4.69) is 5.32 Å². The van der Waals surface area contributed by atoms with Gasteiger partial charge in [0.2, 0.25) is 0 Å². The molecule has 0 unspecified atom stereocenters. The first kappa shape index (κ1) is 17.1. The summed E-state index contributed by atoms with van der Waals surface area (Å²) in [5.41, 5.74) is 1.34. The van der Waals surface area contributed by atoms with Crippen molar-refractivity contribution in [2.75, 3.05) is 11.9 Å². The highest BCUT2D eigenvalue weighted by atomic mass is 35.5. The Hall–Kier alpha value is -2.30. The van der Waals surface area contributed by atoms with Crippen LogP contribution in [0.25, 0.3) is 6.08 Å². The average molecular weight is 350 g/mol. The summed E-state index contributed by atoms with van der Waals surface area (Å²) in [4.78, 5) is 23.2. The van der Waals surface area contributed by atoms with Crippen molar-refractivity contribution >= 4 is 46.8 Å². The van der Waals surface area contributed by atoms with E-state index in [-0.39, 0.29) is 6.61 Å². The summed E-state index contributed by atoms with van der Waals surface area (Å²) in [6, 6.07) is 13.6. The molecule has 0 aliphatic carbocycles. The largest absolute Gasteiger partial charge is 0.452 e. The standard InChI is InChI=1S/C17H13Cl2NO3/c18-13-5-7-15(8-6-13)20-16(21)11-23-17(22)9-4-12-2-1-3-14(19)10-12/h1-10H,11H2,(H,20,21)/b9-4+. The summed E-state index contributed by atoms with van der Waals surface area (Å²) in [6.45, 7) is -0.374. The molecule has 0 radical (unpaired) electrons. The maximum atomic E-state index is 11.7. The molecule has 1 amide bonds. The average Bonchev–Trinajstić information content (AvgIpc) is 2.53. The monoisotopic (exact) mass is 349 g/mol. The second-order valence-corrected chi connectivity index (χ2v) is 5.42. The Kier molecular flexibility index (Phi) is 6.20. The maximum Gasteiger partial charge on any atom is 0.331 e. The molecule has 0 saturated carbocycles. The van der Waals surface area contributed by atoms with E-state index in [4.69, 9.17) is 27.9 Å². The van der Waals surface area contributed by atoms with Crippen LogP contribution in [0.2, 0.25) is 10.0 Å². The van der Waals surface area contributed by atoms with E-state index in [1.54, 1.807) is 54.6 Å². The van der Waals surface area contributed by atoms with Crippen LogP contribution in [0.5, 0.6) is 0 Å². The smallest absolute Gasteiger partial charge is 0.331 e. The number of rotatable bonds is 5. The molecule has 118 valence electrons. The molecule has 6 heteroatoms. The number of amides is 1. The van der Waals surface area contributed by atoms with E-state index in [9.17, 15) is 9.59 Å². The zero-order valence-electron chi connectivity index (χ0n) is 12.0. The third-order valence-corrected chi connectivity index (χ3v) is 3.22. The molecular formula is C17H13Cl2NO3. The number of carbonyl (C=O) groups is 2. The number of halogens is 2. The van der Waals surface area contributed by atoms with Crippen molar-refractivity contribution in [2.45, 2.75) is 0 Å². The molecule has 1 N–H and O–H groups in total. The van der Waals surface area contributed by atoms with E-state index in [0.29, 0.717) is 15.7 Å². The predicted molar refractivity (Wildman–Crippen MR) is 91.5 cm³/mol. The minimum atomic E-state index is -0.615. The Bertz CT molecular complexity index is 727. The van der Waals surface area contributed by atoms with Crippen LogP contribution < -0.4 is 5.32 Å². The summed E-state index contributed by atoms with van der Waals surface area (Å²) in [6.07, 6.45) is 2.80. The topological polar surface area (TPSA) is 55.4 Å². The molecule has 23 heavy (non-hydrogen) atoms. The van der Waals surface area contributed by atoms with Gasteiger partial charge in [-0.05, 0) is 48.0 Å². The molecule has 4 nitrogen and oxygen atoms in total. The molecule has 0 saturated heterocycles. The van der Waals surface area contributed by atoms with E-state index in [1.807, 2.05) is 0 Å². The predicted octanol–water partition coefficient (Wildman–Crippen LogP) is 4.19. The van der Waals surface area contributed by atoms with Crippen LogP contribution in [0, 0.1) is 0 Å². The van der Waals surface area contributed by atoms with Crippen LogP contribution in [-0.2, 0) is 14.3 Å². The lowest BCUT2D eigenvalue weighted by Crippen LogP contribution is -2.20. The fourth-order valence-corrected chi connectivity index (χ4v) is 2.01. The summed E-state index contributed by atoms with van der Waals surface area (Å²) in [7, 11) is 0. The van der Waals surface area contributed by atoms with Gasteiger partial charge in [-0.1, -0.05) is 35.3 Å². The van der Waals surface area contributed by atoms with E-state index in [0.717, 1.165) is 5.56 Å². The maximum absolute atomic E-state index is 11.7. The van der Waals surface area contributed by atoms with Crippen LogP contribution in [0.15, 0.2) is 54.6 Å². The van der Waals surface area contributed by atoms with Crippen molar-refractivity contribution in [3.63, 3.8) is 0 Å². The zero-order chi connectivity index (χ0) is 16.7. The Morgan fingerprint density at radius 1 is 1.04 bits per heavy atom. The van der Waals surface area contributed by atoms with Crippen molar-refractivity contribution in [1.29, 1.82) is 0 Å². The molecular weight excluding hydrogens is 337 g/mol. The van der Waals surface area contributed by atoms with E-state index >= 15 is 0 Å². The third-order valence-electron chi connectivity index (χ3n) is 2.73. The summed E-state index contributed by atoms with van der Waals surface area (Å²) in [5, 5.41) is 3.73. The van der Waals surface area contributed by atoms with E-state index < -0.39 is 11.9 Å². The van der Waals surface area contributed by atoms with Gasteiger partial charge in [-0.2, -0.15) is 0 Å². The summed E-state index contributed by atoms with van der Waals surface area (Å²) in [5.74, 6) is -1.05. The summed E-state index contributed by atoms with van der Waals surface area (Å²) >= 11 is 11.6. The highest BCUT2D eigenvalue weighted by Gasteiger charge is 2.05. The number of anilines is 1. The molecule has 0 fully saturated rings. The molecule has 0 aliphatic heterocycles. The molecule has 0 aliphatic rings. The summed E-state index contributed by atoms with van der Waals surface area (Å²) < 4.78 is 4.85. The molecule has 0 heterocycles. The van der Waals surface area contributed by atoms with Gasteiger partial charge in [0.05, 0.1) is 0 Å². The van der Waals surface area contributed by atoms with Gasteiger partial charge in [0.15, 0.2) is 6.61 Å². The molecule has 0 aromatic heterocycles. The fourth-order valence-electron chi connectivity index (χ4n) is 1.69. The fraction of sp³-hybridized carbons (Fsp3) is 0.0588. The second kappa shape index (κ2) is 8.36. The van der Waals surface area contributed by atoms with Crippen molar-refractivity contribution in [2.24, 2.45) is 0 Å². The molecule has 0 spiro atoms. The van der Waals surface area contributed by atoms with Gasteiger partial charge >= 0.3 is 5.97 Å². The van der Waals surface area contributed by atoms with Crippen LogP contribution in [0.4, 0.5) is 5.69 Å². The Morgan fingerprint density at radius 2 is 1.78 bits per heavy atom. The lowest BCUT2D eigenvalue weighted by molar-refractivity contribution is -0.142. The number of carbonyl (C=O) groups excluding carboxylic acids is 2. The number of hydrogen-bond donors (Lipinski definition) is 1. The third kappa shape index (κ3) is 6.14. The number of nitrogens with one attached hydrogen (secondary N) is 1. The Labute approximate surface area is 143 Å². The lowest BCUT2D eigenvalue weighted by Gasteiger charge is -2.05. The van der Waals surface area contributed by atoms with Crippen molar-refractivity contribution in [1.82, 2.24) is 0 Å². The highest BCUT2D eigenvalue weighted by molar-refractivity contribution is 6.31. The minimum Gasteiger partial charge on any atom is -0.452 e. The van der Waals surface area contributed by atoms with Gasteiger partial charge in [0.1, 0.15) is 0 Å². The molecule has 0 atom stereocenters. The molecule has 0 bridgehead atoms. The van der Waals surface area contributed by atoms with Gasteiger partial charge in [-0.15, -0.1) is 0 Å². The van der Waals surface area contributed by atoms with Gasteiger partial charge in [0.25, 0.3) is 5.91 Å². The van der Waals surface area contributed by atoms with Crippen LogP contribution in [0.1, 0.15) is 5.56 Å². The molecule has 2 aromatic rings. The van der Waals surface area contributed by atoms with E-state index in [1.165, 1.54) is 6.08 Å². The Morgan fingerprint density at radius 3 is 2.48 bits per heavy atom. The zero-order valence-corrected chi connectivity index (χ0v) is 13.5.